The monoisotopic (exact) mass is 324 g/mol. The summed E-state index contributed by atoms with van der Waals surface area (Å²) >= 11 is 1.55. The topological polar surface area (TPSA) is 70.0 Å². The Balaban J connectivity index is 2.16. The molecule has 0 saturated heterocycles. The van der Waals surface area contributed by atoms with Gasteiger partial charge in [-0.25, -0.2) is 17.5 Å². The van der Waals surface area contributed by atoms with Crippen molar-refractivity contribution in [3.8, 4) is 6.07 Å². The molecule has 0 bridgehead atoms. The third-order valence-corrected chi connectivity index (χ3v) is 5.17. The number of hydrogen-bond donors (Lipinski definition) is 1. The molecule has 2 rings (SSSR count). The SMILES string of the molecule is CC(Cc1ccsc1)NS(=O)(=O)c1ccc(F)c(C#N)c1. The van der Waals surface area contributed by atoms with Crippen molar-refractivity contribution in [3.05, 3.63) is 52.0 Å². The van der Waals surface area contributed by atoms with E-state index in [9.17, 15) is 12.8 Å². The van der Waals surface area contributed by atoms with Crippen LogP contribution in [0.4, 0.5) is 4.39 Å². The molecule has 1 N–H and O–H groups in total. The molecule has 1 atom stereocenters. The van der Waals surface area contributed by atoms with E-state index >= 15 is 0 Å². The summed E-state index contributed by atoms with van der Waals surface area (Å²) in [5.41, 5.74) is 0.760. The van der Waals surface area contributed by atoms with Gasteiger partial charge in [-0.3, -0.25) is 0 Å². The molecule has 110 valence electrons. The highest BCUT2D eigenvalue weighted by atomic mass is 32.2. The molecule has 1 aromatic heterocycles. The van der Waals surface area contributed by atoms with Gasteiger partial charge in [0.05, 0.1) is 10.5 Å². The summed E-state index contributed by atoms with van der Waals surface area (Å²) in [6.45, 7) is 1.75. The van der Waals surface area contributed by atoms with Crippen molar-refractivity contribution in [3.63, 3.8) is 0 Å². The predicted molar refractivity (Wildman–Crippen MR) is 78.9 cm³/mol. The number of nitrogens with one attached hydrogen (secondary N) is 1. The standard InChI is InChI=1S/C14H13FN2O2S2/c1-10(6-11-4-5-20-9-11)17-21(18,19)13-2-3-14(15)12(7-13)8-16/h2-5,7,9-10,17H,6H2,1H3. The van der Waals surface area contributed by atoms with Crippen molar-refractivity contribution in [2.75, 3.05) is 0 Å². The van der Waals surface area contributed by atoms with E-state index in [1.165, 1.54) is 0 Å². The molecule has 1 aromatic carbocycles. The molecule has 2 aromatic rings. The highest BCUT2D eigenvalue weighted by Crippen LogP contribution is 2.16. The maximum atomic E-state index is 13.2. The lowest BCUT2D eigenvalue weighted by Crippen LogP contribution is -2.34. The van der Waals surface area contributed by atoms with Gasteiger partial charge in [-0.2, -0.15) is 16.6 Å². The molecule has 0 saturated carbocycles. The lowest BCUT2D eigenvalue weighted by Gasteiger charge is -2.13. The quantitative estimate of drug-likeness (QED) is 0.919. The van der Waals surface area contributed by atoms with E-state index in [0.29, 0.717) is 6.42 Å². The average molecular weight is 324 g/mol. The lowest BCUT2D eigenvalue weighted by molar-refractivity contribution is 0.559. The molecule has 21 heavy (non-hydrogen) atoms. The minimum Gasteiger partial charge on any atom is -0.208 e. The zero-order valence-corrected chi connectivity index (χ0v) is 12.8. The number of sulfonamides is 1. The number of rotatable bonds is 5. The Labute approximate surface area is 126 Å². The molecule has 1 heterocycles. The van der Waals surface area contributed by atoms with E-state index in [1.54, 1.807) is 24.3 Å². The van der Waals surface area contributed by atoms with Crippen LogP contribution in [0.15, 0.2) is 39.9 Å². The fourth-order valence-electron chi connectivity index (χ4n) is 1.89. The summed E-state index contributed by atoms with van der Waals surface area (Å²) < 4.78 is 40.2. The van der Waals surface area contributed by atoms with Gasteiger partial charge in [-0.15, -0.1) is 0 Å². The summed E-state index contributed by atoms with van der Waals surface area (Å²) in [6.07, 6.45) is 0.565. The molecular formula is C14H13FN2O2S2. The normalized spacial score (nSPS) is 12.8. The van der Waals surface area contributed by atoms with Gasteiger partial charge < -0.3 is 0 Å². The van der Waals surface area contributed by atoms with Gasteiger partial charge in [0, 0.05) is 6.04 Å². The second-order valence-electron chi connectivity index (χ2n) is 4.61. The van der Waals surface area contributed by atoms with Gasteiger partial charge in [-0.05, 0) is 53.9 Å². The molecule has 0 amide bonds. The second-order valence-corrected chi connectivity index (χ2v) is 7.11. The Bertz CT molecular complexity index is 765. The van der Waals surface area contributed by atoms with Crippen molar-refractivity contribution in [2.45, 2.75) is 24.3 Å². The van der Waals surface area contributed by atoms with Crippen LogP contribution in [-0.4, -0.2) is 14.5 Å². The Hall–Kier alpha value is -1.75. The first kappa shape index (κ1) is 15.6. The molecule has 0 aliphatic carbocycles. The number of halogens is 1. The molecule has 1 unspecified atom stereocenters. The largest absolute Gasteiger partial charge is 0.240 e. The van der Waals surface area contributed by atoms with E-state index in [0.717, 1.165) is 23.8 Å². The number of nitriles is 1. The van der Waals surface area contributed by atoms with Crippen molar-refractivity contribution < 1.29 is 12.8 Å². The van der Waals surface area contributed by atoms with Crippen molar-refractivity contribution in [1.82, 2.24) is 4.72 Å². The second kappa shape index (κ2) is 6.35. The number of benzene rings is 1. The van der Waals surface area contributed by atoms with E-state index in [2.05, 4.69) is 4.72 Å². The fraction of sp³-hybridized carbons (Fsp3) is 0.214. The molecule has 0 aliphatic rings. The molecule has 0 radical (unpaired) electrons. The average Bonchev–Trinajstić information content (AvgIpc) is 2.91. The predicted octanol–water partition coefficient (Wildman–Crippen LogP) is 2.67. The van der Waals surface area contributed by atoms with Crippen LogP contribution in [-0.2, 0) is 16.4 Å². The summed E-state index contributed by atoms with van der Waals surface area (Å²) in [7, 11) is -3.78. The maximum absolute atomic E-state index is 13.2. The van der Waals surface area contributed by atoms with Crippen molar-refractivity contribution in [1.29, 1.82) is 5.26 Å². The summed E-state index contributed by atoms with van der Waals surface area (Å²) in [4.78, 5) is -0.113. The Morgan fingerprint density at radius 2 is 2.19 bits per heavy atom. The summed E-state index contributed by atoms with van der Waals surface area (Å²) in [6, 6.07) is 6.43. The van der Waals surface area contributed by atoms with Crippen LogP contribution < -0.4 is 4.72 Å². The van der Waals surface area contributed by atoms with Gasteiger partial charge in [0.2, 0.25) is 10.0 Å². The Morgan fingerprint density at radius 1 is 1.43 bits per heavy atom. The third kappa shape index (κ3) is 3.88. The molecular weight excluding hydrogens is 311 g/mol. The first-order chi connectivity index (χ1) is 9.92. The van der Waals surface area contributed by atoms with E-state index in [1.807, 2.05) is 16.8 Å². The number of hydrogen-bond acceptors (Lipinski definition) is 4. The van der Waals surface area contributed by atoms with Gasteiger partial charge >= 0.3 is 0 Å². The van der Waals surface area contributed by atoms with E-state index in [-0.39, 0.29) is 16.5 Å². The van der Waals surface area contributed by atoms with Crippen LogP contribution >= 0.6 is 11.3 Å². The van der Waals surface area contributed by atoms with Crippen LogP contribution in [0.5, 0.6) is 0 Å². The molecule has 4 nitrogen and oxygen atoms in total. The molecule has 7 heteroatoms. The molecule has 0 spiro atoms. The lowest BCUT2D eigenvalue weighted by atomic mass is 10.1. The van der Waals surface area contributed by atoms with Crippen molar-refractivity contribution >= 4 is 21.4 Å². The number of thiophene rings is 1. The van der Waals surface area contributed by atoms with Gasteiger partial charge in [-0.1, -0.05) is 0 Å². The van der Waals surface area contributed by atoms with Gasteiger partial charge in [0.1, 0.15) is 11.9 Å². The Kier molecular flexibility index (Phi) is 4.73. The summed E-state index contributed by atoms with van der Waals surface area (Å²) in [5.74, 6) is -0.734. The third-order valence-electron chi connectivity index (χ3n) is 2.85. The van der Waals surface area contributed by atoms with E-state index < -0.39 is 15.8 Å². The highest BCUT2D eigenvalue weighted by Gasteiger charge is 2.19. The first-order valence-electron chi connectivity index (χ1n) is 6.15. The first-order valence-corrected chi connectivity index (χ1v) is 8.58. The van der Waals surface area contributed by atoms with E-state index in [4.69, 9.17) is 5.26 Å². The minimum absolute atomic E-state index is 0.113. The smallest absolute Gasteiger partial charge is 0.208 e. The van der Waals surface area contributed by atoms with Gasteiger partial charge in [0.25, 0.3) is 0 Å². The minimum atomic E-state index is -3.78. The zero-order valence-electron chi connectivity index (χ0n) is 11.2. The molecule has 0 aliphatic heterocycles. The van der Waals surface area contributed by atoms with Crippen LogP contribution in [0.1, 0.15) is 18.1 Å². The zero-order chi connectivity index (χ0) is 15.5. The highest BCUT2D eigenvalue weighted by molar-refractivity contribution is 7.89. The van der Waals surface area contributed by atoms with Crippen LogP contribution in [0.2, 0.25) is 0 Å². The maximum Gasteiger partial charge on any atom is 0.240 e. The van der Waals surface area contributed by atoms with Crippen LogP contribution in [0, 0.1) is 17.1 Å². The number of nitrogens with zero attached hydrogens (tertiary/aromatic N) is 1. The Morgan fingerprint density at radius 3 is 2.81 bits per heavy atom. The van der Waals surface area contributed by atoms with Crippen molar-refractivity contribution in [2.24, 2.45) is 0 Å². The van der Waals surface area contributed by atoms with Gasteiger partial charge in [0.15, 0.2) is 0 Å². The fourth-order valence-corrected chi connectivity index (χ4v) is 3.84. The summed E-state index contributed by atoms with van der Waals surface area (Å²) in [5, 5.41) is 12.6. The van der Waals surface area contributed by atoms with Crippen LogP contribution in [0.25, 0.3) is 0 Å². The van der Waals surface area contributed by atoms with Crippen LogP contribution in [0.3, 0.4) is 0 Å². The molecule has 0 fully saturated rings.